The molecule has 0 aromatic rings. The van der Waals surface area contributed by atoms with Gasteiger partial charge in [-0.1, -0.05) is 6.42 Å². The average molecular weight is 313 g/mol. The average Bonchev–Trinajstić information content (AvgIpc) is 3.04. The van der Waals surface area contributed by atoms with E-state index in [1.165, 1.54) is 57.8 Å². The minimum absolute atomic E-state index is 0. The fourth-order valence-electron chi connectivity index (χ4n) is 5.47. The van der Waals surface area contributed by atoms with Crippen LogP contribution in [-0.4, -0.2) is 35.5 Å². The molecule has 0 aromatic carbocycles. The van der Waals surface area contributed by atoms with Crippen LogP contribution in [0.1, 0.15) is 64.2 Å². The first kappa shape index (κ1) is 15.6. The summed E-state index contributed by atoms with van der Waals surface area (Å²) in [6.45, 7) is 1.04. The van der Waals surface area contributed by atoms with Crippen LogP contribution >= 0.6 is 12.4 Å². The predicted molar refractivity (Wildman–Crippen MR) is 86.6 cm³/mol. The minimum Gasteiger partial charge on any atom is -0.339 e. The normalized spacial score (nSPS) is 41.5. The molecule has 3 nitrogen and oxygen atoms in total. The number of carbonyl (C=O) groups excluding carboxylic acids is 1. The van der Waals surface area contributed by atoms with Gasteiger partial charge < -0.3 is 10.2 Å². The number of nitrogens with zero attached hydrogens (tertiary/aromatic N) is 1. The second kappa shape index (κ2) is 6.45. The molecule has 0 aromatic heterocycles. The number of hydrogen-bond acceptors (Lipinski definition) is 2. The van der Waals surface area contributed by atoms with Crippen molar-refractivity contribution in [2.45, 2.75) is 82.3 Å². The molecule has 4 unspecified atom stereocenters. The zero-order chi connectivity index (χ0) is 13.5. The smallest absolute Gasteiger partial charge is 0.223 e. The van der Waals surface area contributed by atoms with E-state index < -0.39 is 0 Å². The largest absolute Gasteiger partial charge is 0.339 e. The van der Waals surface area contributed by atoms with Crippen LogP contribution in [0.2, 0.25) is 0 Å². The van der Waals surface area contributed by atoms with Gasteiger partial charge in [-0.3, -0.25) is 4.79 Å². The van der Waals surface area contributed by atoms with Crippen LogP contribution in [0.3, 0.4) is 0 Å². The summed E-state index contributed by atoms with van der Waals surface area (Å²) < 4.78 is 0. The summed E-state index contributed by atoms with van der Waals surface area (Å²) >= 11 is 0. The summed E-state index contributed by atoms with van der Waals surface area (Å²) in [6, 6.07) is 2.04. The Hall–Kier alpha value is -0.280. The maximum Gasteiger partial charge on any atom is 0.223 e. The van der Waals surface area contributed by atoms with Crippen LogP contribution in [-0.2, 0) is 4.79 Å². The second-order valence-electron chi connectivity index (χ2n) is 7.67. The van der Waals surface area contributed by atoms with E-state index in [4.69, 9.17) is 0 Å². The lowest BCUT2D eigenvalue weighted by atomic mass is 9.87. The van der Waals surface area contributed by atoms with Crippen molar-refractivity contribution >= 4 is 18.3 Å². The van der Waals surface area contributed by atoms with Gasteiger partial charge in [0.05, 0.1) is 0 Å². The van der Waals surface area contributed by atoms with Crippen molar-refractivity contribution < 1.29 is 4.79 Å². The molecule has 1 N–H and O–H groups in total. The molecule has 0 spiro atoms. The van der Waals surface area contributed by atoms with Crippen LogP contribution in [0, 0.1) is 11.8 Å². The van der Waals surface area contributed by atoms with Gasteiger partial charge in [-0.15, -0.1) is 12.4 Å². The zero-order valence-electron chi connectivity index (χ0n) is 12.9. The molecule has 4 atom stereocenters. The molecule has 4 aliphatic rings. The van der Waals surface area contributed by atoms with Gasteiger partial charge in [0.2, 0.25) is 5.91 Å². The number of likely N-dealkylation sites (tertiary alicyclic amines) is 1. The number of amides is 1. The van der Waals surface area contributed by atoms with Crippen LogP contribution in [0.25, 0.3) is 0 Å². The molecule has 4 rings (SSSR count). The summed E-state index contributed by atoms with van der Waals surface area (Å²) in [6.07, 6.45) is 12.6. The molecule has 2 bridgehead atoms. The third-order valence-corrected chi connectivity index (χ3v) is 6.35. The topological polar surface area (TPSA) is 32.3 Å². The first-order valence-electron chi connectivity index (χ1n) is 8.85. The van der Waals surface area contributed by atoms with E-state index in [1.54, 1.807) is 0 Å². The highest BCUT2D eigenvalue weighted by Gasteiger charge is 2.39. The van der Waals surface area contributed by atoms with E-state index in [9.17, 15) is 4.79 Å². The van der Waals surface area contributed by atoms with E-state index in [0.717, 1.165) is 18.9 Å². The lowest BCUT2D eigenvalue weighted by Crippen LogP contribution is -2.47. The SMILES string of the molecule is Cl.O=C(CC1CC2CCC(C1)N2)N1CCCC2CCCC21. The van der Waals surface area contributed by atoms with Gasteiger partial charge in [-0.2, -0.15) is 0 Å². The van der Waals surface area contributed by atoms with Crippen molar-refractivity contribution in [3.63, 3.8) is 0 Å². The van der Waals surface area contributed by atoms with E-state index in [1.807, 2.05) is 0 Å². The molecule has 21 heavy (non-hydrogen) atoms. The molecule has 120 valence electrons. The monoisotopic (exact) mass is 312 g/mol. The summed E-state index contributed by atoms with van der Waals surface area (Å²) in [4.78, 5) is 15.0. The number of halogens is 1. The van der Waals surface area contributed by atoms with Crippen molar-refractivity contribution in [2.24, 2.45) is 11.8 Å². The second-order valence-corrected chi connectivity index (χ2v) is 7.67. The molecule has 4 heteroatoms. The fourth-order valence-corrected chi connectivity index (χ4v) is 5.47. The molecular formula is C17H29ClN2O. The molecule has 1 amide bonds. The first-order valence-corrected chi connectivity index (χ1v) is 8.85. The van der Waals surface area contributed by atoms with E-state index in [-0.39, 0.29) is 12.4 Å². The summed E-state index contributed by atoms with van der Waals surface area (Å²) in [5.41, 5.74) is 0. The number of rotatable bonds is 2. The minimum atomic E-state index is 0. The maximum absolute atomic E-state index is 12.7. The van der Waals surface area contributed by atoms with Crippen LogP contribution in [0.4, 0.5) is 0 Å². The highest BCUT2D eigenvalue weighted by molar-refractivity contribution is 5.85. The molecule has 3 saturated heterocycles. The van der Waals surface area contributed by atoms with Crippen molar-refractivity contribution in [1.82, 2.24) is 10.2 Å². The molecule has 1 aliphatic carbocycles. The van der Waals surface area contributed by atoms with Crippen LogP contribution < -0.4 is 5.32 Å². The summed E-state index contributed by atoms with van der Waals surface area (Å²) in [5.74, 6) is 1.97. The number of fused-ring (bicyclic) bond motifs is 3. The van der Waals surface area contributed by atoms with Gasteiger partial charge in [0.15, 0.2) is 0 Å². The third-order valence-electron chi connectivity index (χ3n) is 6.35. The van der Waals surface area contributed by atoms with Gasteiger partial charge in [-0.25, -0.2) is 0 Å². The zero-order valence-corrected chi connectivity index (χ0v) is 13.7. The fraction of sp³-hybridized carbons (Fsp3) is 0.941. The number of hydrogen-bond donors (Lipinski definition) is 1. The third kappa shape index (κ3) is 3.10. The first-order chi connectivity index (χ1) is 9.79. The number of piperidine rings is 2. The van der Waals surface area contributed by atoms with E-state index in [0.29, 0.717) is 30.0 Å². The Bertz CT molecular complexity index is 377. The Labute approximate surface area is 134 Å². The van der Waals surface area contributed by atoms with Gasteiger partial charge in [0.1, 0.15) is 0 Å². The molecule has 4 fully saturated rings. The summed E-state index contributed by atoms with van der Waals surface area (Å²) in [7, 11) is 0. The van der Waals surface area contributed by atoms with Crippen molar-refractivity contribution in [3.8, 4) is 0 Å². The molecule has 0 radical (unpaired) electrons. The van der Waals surface area contributed by atoms with Gasteiger partial charge in [0, 0.05) is 31.1 Å². The number of nitrogens with one attached hydrogen (secondary N) is 1. The van der Waals surface area contributed by atoms with Crippen molar-refractivity contribution in [3.05, 3.63) is 0 Å². The standard InChI is InChI=1S/C17H28N2O.ClH/c20-17(11-12-9-14-6-7-15(10-12)18-14)19-8-2-4-13-3-1-5-16(13)19;/h12-16,18H,1-11H2;1H. The Kier molecular flexibility index (Phi) is 4.80. The quantitative estimate of drug-likeness (QED) is 0.849. The van der Waals surface area contributed by atoms with Gasteiger partial charge in [-0.05, 0) is 63.2 Å². The van der Waals surface area contributed by atoms with Crippen LogP contribution in [0.15, 0.2) is 0 Å². The van der Waals surface area contributed by atoms with E-state index >= 15 is 0 Å². The molecule has 1 saturated carbocycles. The molecular weight excluding hydrogens is 284 g/mol. The van der Waals surface area contributed by atoms with Crippen molar-refractivity contribution in [1.29, 1.82) is 0 Å². The lowest BCUT2D eigenvalue weighted by Gasteiger charge is -2.39. The highest BCUT2D eigenvalue weighted by Crippen LogP contribution is 2.38. The molecule has 3 heterocycles. The Morgan fingerprint density at radius 2 is 1.71 bits per heavy atom. The van der Waals surface area contributed by atoms with Gasteiger partial charge >= 0.3 is 0 Å². The summed E-state index contributed by atoms with van der Waals surface area (Å²) in [5, 5.41) is 3.69. The Balaban J connectivity index is 0.00000132. The molecule has 3 aliphatic heterocycles. The van der Waals surface area contributed by atoms with Crippen molar-refractivity contribution in [2.75, 3.05) is 6.54 Å². The van der Waals surface area contributed by atoms with E-state index in [2.05, 4.69) is 10.2 Å². The van der Waals surface area contributed by atoms with Gasteiger partial charge in [0.25, 0.3) is 0 Å². The highest BCUT2D eigenvalue weighted by atomic mass is 35.5. The Morgan fingerprint density at radius 1 is 1.00 bits per heavy atom. The van der Waals surface area contributed by atoms with Crippen LogP contribution in [0.5, 0.6) is 0 Å². The number of carbonyl (C=O) groups is 1. The maximum atomic E-state index is 12.7. The Morgan fingerprint density at radius 3 is 2.48 bits per heavy atom. The predicted octanol–water partition coefficient (Wildman–Crippen LogP) is 3.12. The lowest BCUT2D eigenvalue weighted by molar-refractivity contribution is -0.137.